The van der Waals surface area contributed by atoms with Crippen molar-refractivity contribution in [3.8, 4) is 17.3 Å². The van der Waals surface area contributed by atoms with E-state index in [1.165, 1.54) is 16.8 Å². The standard InChI is InChI=1S/C15H15N7O3.ClH/c16-15(6-1-2-7-15)14-17-13(25-19-14)12-9-21(20-18-12)10-4-3-5-11(8-10)22(23)24;/h3-5,8-9H,1-2,6-7,16H2;1H. The van der Waals surface area contributed by atoms with Gasteiger partial charge in [-0.3, -0.25) is 10.1 Å². The van der Waals surface area contributed by atoms with Crippen LogP contribution < -0.4 is 5.73 Å². The molecule has 0 atom stereocenters. The van der Waals surface area contributed by atoms with E-state index in [-0.39, 0.29) is 24.0 Å². The molecule has 1 saturated carbocycles. The molecule has 4 rings (SSSR count). The molecule has 0 bridgehead atoms. The zero-order valence-electron chi connectivity index (χ0n) is 13.6. The van der Waals surface area contributed by atoms with Crippen LogP contribution in [0.1, 0.15) is 31.5 Å². The summed E-state index contributed by atoms with van der Waals surface area (Å²) in [4.78, 5) is 14.8. The second kappa shape index (κ2) is 6.81. The van der Waals surface area contributed by atoms with Crippen molar-refractivity contribution in [1.82, 2.24) is 25.1 Å². The summed E-state index contributed by atoms with van der Waals surface area (Å²) in [6.07, 6.45) is 5.32. The van der Waals surface area contributed by atoms with Gasteiger partial charge in [0.2, 0.25) is 0 Å². The molecule has 10 nitrogen and oxygen atoms in total. The Morgan fingerprint density at radius 2 is 2.08 bits per heavy atom. The summed E-state index contributed by atoms with van der Waals surface area (Å²) in [5.41, 5.74) is 6.65. The molecule has 1 aromatic carbocycles. The maximum absolute atomic E-state index is 10.9. The fraction of sp³-hybridized carbons (Fsp3) is 0.333. The lowest BCUT2D eigenvalue weighted by atomic mass is 9.99. The number of nitrogens with two attached hydrogens (primary N) is 1. The van der Waals surface area contributed by atoms with Crippen LogP contribution in [0, 0.1) is 10.1 Å². The monoisotopic (exact) mass is 377 g/mol. The highest BCUT2D eigenvalue weighted by Crippen LogP contribution is 2.35. The van der Waals surface area contributed by atoms with Gasteiger partial charge in [-0.2, -0.15) is 4.98 Å². The van der Waals surface area contributed by atoms with Crippen LogP contribution in [-0.4, -0.2) is 30.1 Å². The van der Waals surface area contributed by atoms with Crippen LogP contribution in [0.3, 0.4) is 0 Å². The smallest absolute Gasteiger partial charge is 0.280 e. The van der Waals surface area contributed by atoms with Crippen molar-refractivity contribution in [3.63, 3.8) is 0 Å². The third-order valence-electron chi connectivity index (χ3n) is 4.38. The molecule has 2 aromatic heterocycles. The van der Waals surface area contributed by atoms with E-state index >= 15 is 0 Å². The van der Waals surface area contributed by atoms with Crippen molar-refractivity contribution in [3.05, 3.63) is 46.4 Å². The minimum atomic E-state index is -0.544. The Morgan fingerprint density at radius 3 is 2.81 bits per heavy atom. The van der Waals surface area contributed by atoms with E-state index in [9.17, 15) is 10.1 Å². The van der Waals surface area contributed by atoms with Gasteiger partial charge in [0.1, 0.15) is 0 Å². The predicted octanol–water partition coefficient (Wildman–Crippen LogP) is 2.38. The molecular weight excluding hydrogens is 362 g/mol. The molecule has 0 radical (unpaired) electrons. The Balaban J connectivity index is 0.00000196. The highest BCUT2D eigenvalue weighted by Gasteiger charge is 2.36. The highest BCUT2D eigenvalue weighted by molar-refractivity contribution is 5.85. The van der Waals surface area contributed by atoms with Gasteiger partial charge in [-0.15, -0.1) is 17.5 Å². The molecule has 2 heterocycles. The van der Waals surface area contributed by atoms with Gasteiger partial charge in [0.25, 0.3) is 11.6 Å². The van der Waals surface area contributed by atoms with Crippen molar-refractivity contribution >= 4 is 18.1 Å². The minimum Gasteiger partial charge on any atom is -0.332 e. The average molecular weight is 378 g/mol. The Labute approximate surface area is 153 Å². The van der Waals surface area contributed by atoms with Crippen LogP contribution in [0.2, 0.25) is 0 Å². The van der Waals surface area contributed by atoms with Crippen molar-refractivity contribution < 1.29 is 9.45 Å². The number of hydrogen-bond acceptors (Lipinski definition) is 8. The normalized spacial score (nSPS) is 15.6. The molecule has 0 saturated heterocycles. The Kier molecular flexibility index (Phi) is 4.70. The van der Waals surface area contributed by atoms with Crippen molar-refractivity contribution in [2.75, 3.05) is 0 Å². The van der Waals surface area contributed by atoms with Gasteiger partial charge in [-0.1, -0.05) is 29.3 Å². The summed E-state index contributed by atoms with van der Waals surface area (Å²) in [7, 11) is 0. The van der Waals surface area contributed by atoms with Gasteiger partial charge in [0.15, 0.2) is 11.5 Å². The number of aromatic nitrogens is 5. The first-order valence-corrected chi connectivity index (χ1v) is 7.86. The van der Waals surface area contributed by atoms with E-state index in [1.54, 1.807) is 18.3 Å². The fourth-order valence-corrected chi connectivity index (χ4v) is 3.00. The van der Waals surface area contributed by atoms with Crippen molar-refractivity contribution in [2.24, 2.45) is 5.73 Å². The SMILES string of the molecule is Cl.NC1(c2noc(-c3cn(-c4cccc([N+](=O)[O-])c4)nn3)n2)CCCC1. The quantitative estimate of drug-likeness (QED) is 0.539. The van der Waals surface area contributed by atoms with Crippen LogP contribution in [0.4, 0.5) is 5.69 Å². The number of nitro benzene ring substituents is 1. The molecule has 136 valence electrons. The predicted molar refractivity (Wildman–Crippen MR) is 92.9 cm³/mol. The number of hydrogen-bond donors (Lipinski definition) is 1. The van der Waals surface area contributed by atoms with Crippen molar-refractivity contribution in [1.29, 1.82) is 0 Å². The Hall–Kier alpha value is -2.85. The summed E-state index contributed by atoms with van der Waals surface area (Å²) in [6, 6.07) is 6.09. The van der Waals surface area contributed by atoms with Crippen LogP contribution >= 0.6 is 12.4 Å². The van der Waals surface area contributed by atoms with Crippen LogP contribution in [0.5, 0.6) is 0 Å². The van der Waals surface area contributed by atoms with Crippen LogP contribution in [-0.2, 0) is 5.54 Å². The second-order valence-corrected chi connectivity index (χ2v) is 6.11. The first-order chi connectivity index (χ1) is 12.0. The number of nitro groups is 1. The van der Waals surface area contributed by atoms with Crippen LogP contribution in [0.15, 0.2) is 35.0 Å². The van der Waals surface area contributed by atoms with Gasteiger partial charge in [0, 0.05) is 12.1 Å². The maximum Gasteiger partial charge on any atom is 0.280 e. The largest absolute Gasteiger partial charge is 0.332 e. The summed E-state index contributed by atoms with van der Waals surface area (Å²) < 4.78 is 6.69. The van der Waals surface area contributed by atoms with E-state index in [0.29, 0.717) is 17.2 Å². The molecule has 3 aromatic rings. The molecule has 26 heavy (non-hydrogen) atoms. The molecule has 0 amide bonds. The Bertz CT molecular complexity index is 933. The molecule has 0 spiro atoms. The Morgan fingerprint density at radius 1 is 1.31 bits per heavy atom. The summed E-state index contributed by atoms with van der Waals surface area (Å²) in [5.74, 6) is 0.702. The fourth-order valence-electron chi connectivity index (χ4n) is 3.00. The number of nitrogens with zero attached hydrogens (tertiary/aromatic N) is 6. The highest BCUT2D eigenvalue weighted by atomic mass is 35.5. The lowest BCUT2D eigenvalue weighted by Crippen LogP contribution is -2.34. The molecule has 2 N–H and O–H groups in total. The maximum atomic E-state index is 10.9. The lowest BCUT2D eigenvalue weighted by Gasteiger charge is -2.17. The van der Waals surface area contributed by atoms with Crippen molar-refractivity contribution in [2.45, 2.75) is 31.2 Å². The van der Waals surface area contributed by atoms with Gasteiger partial charge < -0.3 is 10.3 Å². The second-order valence-electron chi connectivity index (χ2n) is 6.11. The van der Waals surface area contributed by atoms with Gasteiger partial charge in [-0.25, -0.2) is 4.68 Å². The van der Waals surface area contributed by atoms with Crippen LogP contribution in [0.25, 0.3) is 17.3 Å². The third-order valence-corrected chi connectivity index (χ3v) is 4.38. The first-order valence-electron chi connectivity index (χ1n) is 7.86. The molecule has 0 unspecified atom stereocenters. The molecule has 1 fully saturated rings. The number of halogens is 1. The molecule has 11 heteroatoms. The number of benzene rings is 1. The minimum absolute atomic E-state index is 0. The van der Waals surface area contributed by atoms with E-state index in [1.807, 2.05) is 0 Å². The first kappa shape index (κ1) is 18.0. The summed E-state index contributed by atoms with van der Waals surface area (Å²) >= 11 is 0. The zero-order valence-corrected chi connectivity index (χ0v) is 14.4. The number of non-ortho nitro benzene ring substituents is 1. The lowest BCUT2D eigenvalue weighted by molar-refractivity contribution is -0.384. The topological polar surface area (TPSA) is 139 Å². The molecule has 1 aliphatic carbocycles. The van der Waals surface area contributed by atoms with Gasteiger partial charge in [0.05, 0.1) is 22.3 Å². The molecular formula is C15H16ClN7O3. The van der Waals surface area contributed by atoms with Gasteiger partial charge >= 0.3 is 0 Å². The average Bonchev–Trinajstić information content (AvgIpc) is 3.35. The molecule has 1 aliphatic rings. The third kappa shape index (κ3) is 3.16. The van der Waals surface area contributed by atoms with E-state index < -0.39 is 10.5 Å². The summed E-state index contributed by atoms with van der Waals surface area (Å²) in [6.45, 7) is 0. The van der Waals surface area contributed by atoms with E-state index in [2.05, 4.69) is 20.5 Å². The zero-order chi connectivity index (χ0) is 17.4. The van der Waals surface area contributed by atoms with E-state index in [4.69, 9.17) is 10.3 Å². The van der Waals surface area contributed by atoms with E-state index in [0.717, 1.165) is 25.7 Å². The summed E-state index contributed by atoms with van der Waals surface area (Å²) in [5, 5.41) is 22.9. The molecule has 0 aliphatic heterocycles. The van der Waals surface area contributed by atoms with Gasteiger partial charge in [-0.05, 0) is 18.9 Å². The number of rotatable bonds is 4.